The second-order valence-electron chi connectivity index (χ2n) is 3.71. The van der Waals surface area contributed by atoms with Crippen molar-refractivity contribution < 1.29 is 13.9 Å². The lowest BCUT2D eigenvalue weighted by Crippen LogP contribution is -2.41. The quantitative estimate of drug-likeness (QED) is 0.716. The number of hydrogen-bond acceptors (Lipinski definition) is 2. The monoisotopic (exact) mass is 189 g/mol. The second kappa shape index (κ2) is 4.56. The van der Waals surface area contributed by atoms with Gasteiger partial charge in [0.1, 0.15) is 0 Å². The van der Waals surface area contributed by atoms with Crippen molar-refractivity contribution in [1.29, 1.82) is 0 Å². The van der Waals surface area contributed by atoms with Gasteiger partial charge in [0.05, 0.1) is 12.6 Å². The Hall–Kier alpha value is -0.640. The lowest BCUT2D eigenvalue weighted by molar-refractivity contribution is -0.128. The van der Waals surface area contributed by atoms with Gasteiger partial charge >= 0.3 is 0 Å². The van der Waals surface area contributed by atoms with E-state index in [1.54, 1.807) is 13.8 Å². The minimum absolute atomic E-state index is 0.00417. The molecule has 0 aromatic rings. The Morgan fingerprint density at radius 1 is 1.62 bits per heavy atom. The third-order valence-electron chi connectivity index (χ3n) is 2.11. The van der Waals surface area contributed by atoms with Gasteiger partial charge in [-0.25, -0.2) is 4.39 Å². The van der Waals surface area contributed by atoms with E-state index in [9.17, 15) is 9.18 Å². The van der Waals surface area contributed by atoms with Crippen LogP contribution in [0.15, 0.2) is 0 Å². The third-order valence-corrected chi connectivity index (χ3v) is 2.11. The summed E-state index contributed by atoms with van der Waals surface area (Å²) in [7, 11) is 0. The summed E-state index contributed by atoms with van der Waals surface area (Å²) < 4.78 is 18.2. The summed E-state index contributed by atoms with van der Waals surface area (Å²) in [5, 5.41) is 2.62. The zero-order valence-corrected chi connectivity index (χ0v) is 8.05. The van der Waals surface area contributed by atoms with Crippen LogP contribution in [0, 0.1) is 5.92 Å². The molecule has 1 aliphatic rings. The van der Waals surface area contributed by atoms with Crippen LogP contribution in [0.25, 0.3) is 0 Å². The molecule has 1 N–H and O–H groups in total. The molecule has 1 rings (SSSR count). The Morgan fingerprint density at radius 3 is 2.77 bits per heavy atom. The van der Waals surface area contributed by atoms with Crippen LogP contribution in [0.2, 0.25) is 0 Å². The molecule has 0 bridgehead atoms. The van der Waals surface area contributed by atoms with Gasteiger partial charge in [0.25, 0.3) is 5.91 Å². The van der Waals surface area contributed by atoms with Crippen LogP contribution in [0.4, 0.5) is 4.39 Å². The van der Waals surface area contributed by atoms with Gasteiger partial charge in [0.2, 0.25) is 0 Å². The van der Waals surface area contributed by atoms with Crippen molar-refractivity contribution >= 4 is 5.91 Å². The van der Waals surface area contributed by atoms with Crippen LogP contribution in [-0.4, -0.2) is 31.3 Å². The van der Waals surface area contributed by atoms with Crippen molar-refractivity contribution in [3.8, 4) is 0 Å². The van der Waals surface area contributed by atoms with Gasteiger partial charge in [-0.2, -0.15) is 0 Å². The standard InChI is InChI=1S/C9H16FNO2/c1-6(2)8(10)9(12)11-7-3-4-13-5-7/h6-8H,3-5H2,1-2H3,(H,11,12). The van der Waals surface area contributed by atoms with E-state index in [1.807, 2.05) is 0 Å². The topological polar surface area (TPSA) is 38.3 Å². The van der Waals surface area contributed by atoms with Gasteiger partial charge < -0.3 is 10.1 Å². The second-order valence-corrected chi connectivity index (χ2v) is 3.71. The highest BCUT2D eigenvalue weighted by Crippen LogP contribution is 2.08. The number of carbonyl (C=O) groups is 1. The van der Waals surface area contributed by atoms with E-state index in [-0.39, 0.29) is 12.0 Å². The van der Waals surface area contributed by atoms with E-state index in [2.05, 4.69) is 5.32 Å². The zero-order valence-electron chi connectivity index (χ0n) is 8.05. The third kappa shape index (κ3) is 2.95. The maximum absolute atomic E-state index is 13.1. The molecule has 13 heavy (non-hydrogen) atoms. The molecule has 3 nitrogen and oxygen atoms in total. The highest BCUT2D eigenvalue weighted by atomic mass is 19.1. The summed E-state index contributed by atoms with van der Waals surface area (Å²) >= 11 is 0. The molecule has 0 aromatic carbocycles. The van der Waals surface area contributed by atoms with Gasteiger partial charge in [-0.3, -0.25) is 4.79 Å². The highest BCUT2D eigenvalue weighted by Gasteiger charge is 2.25. The average Bonchev–Trinajstić information content (AvgIpc) is 2.55. The molecule has 2 atom stereocenters. The molecule has 2 unspecified atom stereocenters. The maximum atomic E-state index is 13.1. The van der Waals surface area contributed by atoms with Crippen molar-refractivity contribution in [2.75, 3.05) is 13.2 Å². The van der Waals surface area contributed by atoms with Crippen molar-refractivity contribution in [1.82, 2.24) is 5.32 Å². The van der Waals surface area contributed by atoms with E-state index < -0.39 is 12.1 Å². The first-order chi connectivity index (χ1) is 6.11. The Kier molecular flexibility index (Phi) is 3.66. The number of alkyl halides is 1. The summed E-state index contributed by atoms with van der Waals surface area (Å²) in [6.45, 7) is 4.55. The number of ether oxygens (including phenoxy) is 1. The van der Waals surface area contributed by atoms with Crippen LogP contribution in [0.1, 0.15) is 20.3 Å². The molecule has 1 saturated heterocycles. The molecule has 0 saturated carbocycles. The normalized spacial score (nSPS) is 24.8. The summed E-state index contributed by atoms with van der Waals surface area (Å²) in [5.74, 6) is -0.771. The van der Waals surface area contributed by atoms with E-state index in [1.165, 1.54) is 0 Å². The SMILES string of the molecule is CC(C)C(F)C(=O)NC1CCOC1. The Morgan fingerprint density at radius 2 is 2.31 bits per heavy atom. The first-order valence-electron chi connectivity index (χ1n) is 4.63. The van der Waals surface area contributed by atoms with Gasteiger partial charge in [-0.05, 0) is 12.3 Å². The molecule has 1 amide bonds. The zero-order chi connectivity index (χ0) is 9.84. The number of carbonyl (C=O) groups excluding carboxylic acids is 1. The Bertz CT molecular complexity index is 178. The molecular formula is C9H16FNO2. The lowest BCUT2D eigenvalue weighted by atomic mass is 10.1. The largest absolute Gasteiger partial charge is 0.379 e. The number of nitrogens with one attached hydrogen (secondary N) is 1. The van der Waals surface area contributed by atoms with E-state index >= 15 is 0 Å². The summed E-state index contributed by atoms with van der Waals surface area (Å²) in [6.07, 6.45) is -0.614. The van der Waals surface area contributed by atoms with Crippen LogP contribution in [0.3, 0.4) is 0 Å². The molecule has 0 aliphatic carbocycles. The fraction of sp³-hybridized carbons (Fsp3) is 0.889. The number of amides is 1. The van der Waals surface area contributed by atoms with Crippen LogP contribution >= 0.6 is 0 Å². The predicted molar refractivity (Wildman–Crippen MR) is 47.1 cm³/mol. The van der Waals surface area contributed by atoms with E-state index in [0.717, 1.165) is 6.42 Å². The van der Waals surface area contributed by atoms with Crippen molar-refractivity contribution in [3.05, 3.63) is 0 Å². The summed E-state index contributed by atoms with van der Waals surface area (Å²) in [6, 6.07) is 0.00417. The van der Waals surface area contributed by atoms with Gasteiger partial charge in [0.15, 0.2) is 6.17 Å². The van der Waals surface area contributed by atoms with E-state index in [0.29, 0.717) is 13.2 Å². The molecule has 1 fully saturated rings. The van der Waals surface area contributed by atoms with Crippen LogP contribution < -0.4 is 5.32 Å². The fourth-order valence-electron chi connectivity index (χ4n) is 1.23. The highest BCUT2D eigenvalue weighted by molar-refractivity contribution is 5.81. The van der Waals surface area contributed by atoms with Crippen LogP contribution in [-0.2, 0) is 9.53 Å². The molecule has 0 spiro atoms. The predicted octanol–water partition coefficient (Wildman–Crippen LogP) is 0.886. The molecule has 4 heteroatoms. The molecule has 1 aliphatic heterocycles. The smallest absolute Gasteiger partial charge is 0.255 e. The number of halogens is 1. The van der Waals surface area contributed by atoms with Crippen molar-refractivity contribution in [3.63, 3.8) is 0 Å². The molecule has 0 radical (unpaired) electrons. The molecule has 0 aromatic heterocycles. The fourth-order valence-corrected chi connectivity index (χ4v) is 1.23. The molecule has 1 heterocycles. The molecular weight excluding hydrogens is 173 g/mol. The number of rotatable bonds is 3. The first kappa shape index (κ1) is 10.4. The van der Waals surface area contributed by atoms with Gasteiger partial charge in [-0.15, -0.1) is 0 Å². The van der Waals surface area contributed by atoms with E-state index in [4.69, 9.17) is 4.74 Å². The summed E-state index contributed by atoms with van der Waals surface area (Å²) in [4.78, 5) is 11.2. The Balaban J connectivity index is 2.31. The lowest BCUT2D eigenvalue weighted by Gasteiger charge is -2.15. The van der Waals surface area contributed by atoms with Crippen molar-refractivity contribution in [2.45, 2.75) is 32.5 Å². The van der Waals surface area contributed by atoms with Crippen LogP contribution in [0.5, 0.6) is 0 Å². The van der Waals surface area contributed by atoms with Gasteiger partial charge in [-0.1, -0.05) is 13.8 Å². The minimum atomic E-state index is -1.40. The van der Waals surface area contributed by atoms with Gasteiger partial charge in [0, 0.05) is 6.61 Å². The average molecular weight is 189 g/mol. The Labute approximate surface area is 77.6 Å². The van der Waals surface area contributed by atoms with Crippen molar-refractivity contribution in [2.24, 2.45) is 5.92 Å². The first-order valence-corrected chi connectivity index (χ1v) is 4.63. The summed E-state index contributed by atoms with van der Waals surface area (Å²) in [5.41, 5.74) is 0. The minimum Gasteiger partial charge on any atom is -0.379 e. The molecule has 76 valence electrons. The number of hydrogen-bond donors (Lipinski definition) is 1. The maximum Gasteiger partial charge on any atom is 0.255 e.